The van der Waals surface area contributed by atoms with E-state index in [1.165, 1.54) is 0 Å². The summed E-state index contributed by atoms with van der Waals surface area (Å²) in [6.07, 6.45) is -0.742. The van der Waals surface area contributed by atoms with Gasteiger partial charge >= 0.3 is 5.97 Å². The molecule has 17 heteroatoms. The molecule has 0 aliphatic heterocycles. The summed E-state index contributed by atoms with van der Waals surface area (Å²) in [6, 6.07) is -7.36. The Kier molecular flexibility index (Phi) is 14.1. The third-order valence-corrected chi connectivity index (χ3v) is 4.76. The number of primary amides is 1. The molecule has 5 atom stereocenters. The summed E-state index contributed by atoms with van der Waals surface area (Å²) in [7, 11) is 0. The summed E-state index contributed by atoms with van der Waals surface area (Å²) in [5.74, 6) is -6.87. The molecule has 0 saturated carbocycles. The van der Waals surface area contributed by atoms with Gasteiger partial charge in [-0.1, -0.05) is 0 Å². The maximum atomic E-state index is 12.5. The van der Waals surface area contributed by atoms with E-state index in [0.29, 0.717) is 0 Å². The molecule has 0 saturated heterocycles. The molecule has 0 aliphatic carbocycles. The van der Waals surface area contributed by atoms with Gasteiger partial charge in [-0.3, -0.25) is 24.0 Å². The maximum absolute atomic E-state index is 12.5. The molecule has 0 heterocycles. The van der Waals surface area contributed by atoms with Crippen LogP contribution in [0.5, 0.6) is 0 Å². The fourth-order valence-corrected chi connectivity index (χ4v) is 2.58. The van der Waals surface area contributed by atoms with Crippen LogP contribution in [0.25, 0.3) is 0 Å². The number of aliphatic carboxylic acids is 1. The van der Waals surface area contributed by atoms with Gasteiger partial charge < -0.3 is 48.1 Å². The van der Waals surface area contributed by atoms with Gasteiger partial charge in [0.15, 0.2) is 0 Å². The highest BCUT2D eigenvalue weighted by atomic mass is 32.1. The van der Waals surface area contributed by atoms with Crippen molar-refractivity contribution in [1.82, 2.24) is 21.3 Å². The summed E-state index contributed by atoms with van der Waals surface area (Å²) in [5.41, 5.74) is 10.5. The minimum absolute atomic E-state index is 0.0567. The number of hydrogen-bond donors (Lipinski definition) is 11. The predicted molar refractivity (Wildman–Crippen MR) is 119 cm³/mol. The number of aliphatic hydroxyl groups excluding tert-OH is 2. The number of thiol groups is 2. The number of nitrogens with two attached hydrogens (primary N) is 2. The number of carboxylic acid groups (broad SMARTS) is 1. The van der Waals surface area contributed by atoms with E-state index >= 15 is 0 Å². The third kappa shape index (κ3) is 10.7. The summed E-state index contributed by atoms with van der Waals surface area (Å²) in [5, 5.41) is 36.0. The van der Waals surface area contributed by atoms with Crippen LogP contribution in [0.2, 0.25) is 0 Å². The number of carboxylic acids is 1. The molecular weight excluding hydrogens is 484 g/mol. The lowest BCUT2D eigenvalue weighted by Gasteiger charge is -2.24. The molecule has 188 valence electrons. The smallest absolute Gasteiger partial charge is 0.327 e. The topological polar surface area (TPSA) is 263 Å². The molecule has 0 rings (SSSR count). The largest absolute Gasteiger partial charge is 0.480 e. The molecule has 0 aliphatic rings. The first-order valence-electron chi connectivity index (χ1n) is 9.33. The van der Waals surface area contributed by atoms with Gasteiger partial charge in [0.1, 0.15) is 24.2 Å². The first kappa shape index (κ1) is 30.4. The Morgan fingerprint density at radius 1 is 0.697 bits per heavy atom. The number of nitrogens with one attached hydrogen (secondary N) is 4. The average Bonchev–Trinajstić information content (AvgIpc) is 2.76. The highest BCUT2D eigenvalue weighted by Gasteiger charge is 2.31. The lowest BCUT2D eigenvalue weighted by molar-refractivity contribution is -0.142. The first-order chi connectivity index (χ1) is 15.4. The molecule has 0 unspecified atom stereocenters. The normalized spacial score (nSPS) is 15.2. The van der Waals surface area contributed by atoms with Gasteiger partial charge in [-0.05, 0) is 0 Å². The van der Waals surface area contributed by atoms with Gasteiger partial charge in [-0.2, -0.15) is 25.3 Å². The number of rotatable bonds is 15. The number of carbonyl (C=O) groups is 6. The molecule has 0 fully saturated rings. The second-order valence-corrected chi connectivity index (χ2v) is 7.32. The lowest BCUT2D eigenvalue weighted by Crippen LogP contribution is -2.60. The standard InChI is InChI=1S/C16H28N6O9S2/c17-6(4-32)12(26)20-8(2-23)14(28)19-7(1-11(18)25)13(27)21-9(3-24)15(29)22-10(5-33)16(30)31/h6-10,23-24,32-33H,1-5,17H2,(H2,18,25)(H,19,28)(H,20,26)(H,21,27)(H,22,29)(H,30,31)/t6-,7-,8-,9-,10-/m0/s1. The van der Waals surface area contributed by atoms with Crippen LogP contribution in [-0.2, 0) is 28.8 Å². The van der Waals surface area contributed by atoms with Crippen molar-refractivity contribution in [3.05, 3.63) is 0 Å². The van der Waals surface area contributed by atoms with Crippen molar-refractivity contribution in [2.45, 2.75) is 36.6 Å². The van der Waals surface area contributed by atoms with Crippen LogP contribution in [0.4, 0.5) is 0 Å². The number of carbonyl (C=O) groups excluding carboxylic acids is 5. The quantitative estimate of drug-likeness (QED) is 0.0925. The van der Waals surface area contributed by atoms with Crippen molar-refractivity contribution in [3.8, 4) is 0 Å². The lowest BCUT2D eigenvalue weighted by atomic mass is 10.1. The average molecular weight is 513 g/mol. The van der Waals surface area contributed by atoms with E-state index in [-0.39, 0.29) is 11.5 Å². The van der Waals surface area contributed by atoms with Crippen LogP contribution in [0.15, 0.2) is 0 Å². The number of aliphatic hydroxyl groups is 2. The zero-order chi connectivity index (χ0) is 25.7. The van der Waals surface area contributed by atoms with Gasteiger partial charge in [0.2, 0.25) is 29.5 Å². The van der Waals surface area contributed by atoms with E-state index in [0.717, 1.165) is 0 Å². The summed E-state index contributed by atoms with van der Waals surface area (Å²) < 4.78 is 0. The Morgan fingerprint density at radius 2 is 1.09 bits per heavy atom. The minimum Gasteiger partial charge on any atom is -0.480 e. The van der Waals surface area contributed by atoms with Crippen LogP contribution in [0, 0.1) is 0 Å². The molecule has 5 amide bonds. The second kappa shape index (κ2) is 15.3. The van der Waals surface area contributed by atoms with Crippen LogP contribution >= 0.6 is 25.3 Å². The zero-order valence-corrected chi connectivity index (χ0v) is 19.1. The van der Waals surface area contributed by atoms with E-state index in [1.807, 2.05) is 10.6 Å². The number of amides is 5. The van der Waals surface area contributed by atoms with Crippen molar-refractivity contribution < 1.29 is 44.1 Å². The molecule has 0 radical (unpaired) electrons. The molecule has 33 heavy (non-hydrogen) atoms. The van der Waals surface area contributed by atoms with Crippen LogP contribution < -0.4 is 32.7 Å². The third-order valence-electron chi connectivity index (χ3n) is 4.00. The van der Waals surface area contributed by atoms with Crippen LogP contribution in [0.3, 0.4) is 0 Å². The molecular formula is C16H28N6O9S2. The van der Waals surface area contributed by atoms with Gasteiger partial charge in [-0.25, -0.2) is 4.79 Å². The Bertz CT molecular complexity index is 741. The first-order valence-corrected chi connectivity index (χ1v) is 10.6. The Morgan fingerprint density at radius 3 is 1.45 bits per heavy atom. The highest BCUT2D eigenvalue weighted by molar-refractivity contribution is 7.80. The van der Waals surface area contributed by atoms with E-state index in [4.69, 9.17) is 16.6 Å². The Labute approximate surface area is 199 Å². The van der Waals surface area contributed by atoms with Gasteiger partial charge in [-0.15, -0.1) is 0 Å². The van der Waals surface area contributed by atoms with Crippen molar-refractivity contribution in [2.24, 2.45) is 11.5 Å². The van der Waals surface area contributed by atoms with Crippen molar-refractivity contribution in [3.63, 3.8) is 0 Å². The van der Waals surface area contributed by atoms with Gasteiger partial charge in [0.05, 0.1) is 25.7 Å². The molecule has 0 aromatic rings. The summed E-state index contributed by atoms with van der Waals surface area (Å²) in [4.78, 5) is 71.2. The molecule has 0 aromatic heterocycles. The fourth-order valence-electron chi connectivity index (χ4n) is 2.16. The van der Waals surface area contributed by atoms with E-state index in [1.54, 1.807) is 0 Å². The van der Waals surface area contributed by atoms with E-state index < -0.39 is 85.3 Å². The highest BCUT2D eigenvalue weighted by Crippen LogP contribution is 1.98. The van der Waals surface area contributed by atoms with Crippen molar-refractivity contribution in [1.29, 1.82) is 0 Å². The zero-order valence-electron chi connectivity index (χ0n) is 17.3. The molecule has 15 nitrogen and oxygen atoms in total. The van der Waals surface area contributed by atoms with Crippen molar-refractivity contribution in [2.75, 3.05) is 24.7 Å². The SMILES string of the molecule is NC(=O)C[C@H](NC(=O)[C@H](CO)NC(=O)[C@@H](N)CS)C(=O)N[C@@H](CO)C(=O)N[C@@H](CS)C(=O)O. The van der Waals surface area contributed by atoms with E-state index in [2.05, 4.69) is 35.9 Å². The second-order valence-electron chi connectivity index (χ2n) is 6.59. The molecule has 11 N–H and O–H groups in total. The Balaban J connectivity index is 5.37. The monoisotopic (exact) mass is 512 g/mol. The van der Waals surface area contributed by atoms with Gasteiger partial charge in [0.25, 0.3) is 0 Å². The Hall–Kier alpha value is -2.60. The summed E-state index contributed by atoms with van der Waals surface area (Å²) >= 11 is 7.60. The fraction of sp³-hybridized carbons (Fsp3) is 0.625. The van der Waals surface area contributed by atoms with Crippen molar-refractivity contribution >= 4 is 60.8 Å². The number of hydrogen-bond acceptors (Lipinski definition) is 11. The van der Waals surface area contributed by atoms with Crippen LogP contribution in [-0.4, -0.2) is 106 Å². The van der Waals surface area contributed by atoms with E-state index in [9.17, 15) is 39.0 Å². The molecule has 0 bridgehead atoms. The summed E-state index contributed by atoms with van der Waals surface area (Å²) in [6.45, 7) is -1.84. The molecule has 0 spiro atoms. The minimum atomic E-state index is -1.67. The van der Waals surface area contributed by atoms with Crippen LogP contribution in [0.1, 0.15) is 6.42 Å². The predicted octanol–water partition coefficient (Wildman–Crippen LogP) is -5.94. The van der Waals surface area contributed by atoms with Gasteiger partial charge in [0, 0.05) is 11.5 Å². The maximum Gasteiger partial charge on any atom is 0.327 e. The molecule has 0 aromatic carbocycles.